The van der Waals surface area contributed by atoms with Crippen LogP contribution in [0.4, 0.5) is 10.1 Å². The van der Waals surface area contributed by atoms with E-state index in [1.807, 2.05) is 13.8 Å². The number of nitrogens with two attached hydrogens (primary N) is 1. The van der Waals surface area contributed by atoms with Gasteiger partial charge in [-0.25, -0.2) is 4.39 Å². The SMILES string of the molecule is CC(C)C(C)(CN)NC(=O)c1ccc([N+](=O)[O-])cc1F. The molecule has 1 aromatic carbocycles. The number of benzene rings is 1. The van der Waals surface area contributed by atoms with Crippen LogP contribution in [-0.4, -0.2) is 22.9 Å². The van der Waals surface area contributed by atoms with Gasteiger partial charge in [0.15, 0.2) is 0 Å². The Morgan fingerprint density at radius 1 is 1.55 bits per heavy atom. The number of amides is 1. The van der Waals surface area contributed by atoms with E-state index in [2.05, 4.69) is 5.32 Å². The van der Waals surface area contributed by atoms with Crippen molar-refractivity contribution in [3.05, 3.63) is 39.7 Å². The molecular formula is C13H18FN3O3. The second kappa shape index (κ2) is 5.96. The number of nitro benzene ring substituents is 1. The second-order valence-electron chi connectivity index (χ2n) is 5.15. The number of rotatable bonds is 5. The first kappa shape index (κ1) is 16.0. The molecule has 1 unspecified atom stereocenters. The molecule has 0 bridgehead atoms. The number of nitro groups is 1. The summed E-state index contributed by atoms with van der Waals surface area (Å²) in [6.45, 7) is 5.74. The van der Waals surface area contributed by atoms with Crippen molar-refractivity contribution in [1.29, 1.82) is 0 Å². The van der Waals surface area contributed by atoms with Crippen molar-refractivity contribution < 1.29 is 14.1 Å². The van der Waals surface area contributed by atoms with E-state index in [0.717, 1.165) is 18.2 Å². The number of hydrogen-bond acceptors (Lipinski definition) is 4. The first-order chi connectivity index (χ1) is 9.21. The zero-order chi connectivity index (χ0) is 15.5. The topological polar surface area (TPSA) is 98.3 Å². The summed E-state index contributed by atoms with van der Waals surface area (Å²) in [5.41, 5.74) is 4.32. The highest BCUT2D eigenvalue weighted by atomic mass is 19.1. The Bertz CT molecular complexity index is 534. The van der Waals surface area contributed by atoms with Crippen LogP contribution in [-0.2, 0) is 0 Å². The third-order valence-electron chi connectivity index (χ3n) is 3.51. The summed E-state index contributed by atoms with van der Waals surface area (Å²) in [6.07, 6.45) is 0. The van der Waals surface area contributed by atoms with Crippen LogP contribution in [0.25, 0.3) is 0 Å². The molecule has 1 aromatic rings. The second-order valence-corrected chi connectivity index (χ2v) is 5.15. The van der Waals surface area contributed by atoms with Crippen molar-refractivity contribution in [3.8, 4) is 0 Å². The molecule has 0 saturated carbocycles. The Labute approximate surface area is 116 Å². The minimum atomic E-state index is -0.931. The average molecular weight is 283 g/mol. The first-order valence-corrected chi connectivity index (χ1v) is 6.18. The molecule has 0 aromatic heterocycles. The van der Waals surface area contributed by atoms with E-state index < -0.39 is 27.9 Å². The van der Waals surface area contributed by atoms with Crippen LogP contribution in [0.1, 0.15) is 31.1 Å². The number of halogens is 1. The van der Waals surface area contributed by atoms with Gasteiger partial charge in [-0.2, -0.15) is 0 Å². The Morgan fingerprint density at radius 2 is 2.15 bits per heavy atom. The van der Waals surface area contributed by atoms with Gasteiger partial charge >= 0.3 is 0 Å². The molecule has 0 saturated heterocycles. The van der Waals surface area contributed by atoms with Gasteiger partial charge in [0.25, 0.3) is 11.6 Å². The highest BCUT2D eigenvalue weighted by Crippen LogP contribution is 2.19. The Balaban J connectivity index is 3.02. The molecule has 0 aliphatic rings. The zero-order valence-corrected chi connectivity index (χ0v) is 11.6. The molecule has 1 atom stereocenters. The van der Waals surface area contributed by atoms with E-state index in [4.69, 9.17) is 5.73 Å². The first-order valence-electron chi connectivity index (χ1n) is 6.18. The van der Waals surface area contributed by atoms with Gasteiger partial charge in [0.2, 0.25) is 0 Å². The van der Waals surface area contributed by atoms with Crippen molar-refractivity contribution in [2.45, 2.75) is 26.3 Å². The highest BCUT2D eigenvalue weighted by molar-refractivity contribution is 5.95. The van der Waals surface area contributed by atoms with Gasteiger partial charge in [-0.1, -0.05) is 13.8 Å². The number of carbonyl (C=O) groups is 1. The van der Waals surface area contributed by atoms with Gasteiger partial charge in [-0.3, -0.25) is 14.9 Å². The van der Waals surface area contributed by atoms with E-state index in [0.29, 0.717) is 0 Å². The maximum Gasteiger partial charge on any atom is 0.272 e. The van der Waals surface area contributed by atoms with Crippen LogP contribution in [0, 0.1) is 21.8 Å². The normalized spacial score (nSPS) is 13.9. The van der Waals surface area contributed by atoms with Crippen LogP contribution < -0.4 is 11.1 Å². The van der Waals surface area contributed by atoms with E-state index in [9.17, 15) is 19.3 Å². The molecule has 7 heteroatoms. The van der Waals surface area contributed by atoms with Gasteiger partial charge < -0.3 is 11.1 Å². The molecule has 3 N–H and O–H groups in total. The molecule has 0 spiro atoms. The van der Waals surface area contributed by atoms with E-state index in [1.165, 1.54) is 0 Å². The summed E-state index contributed by atoms with van der Waals surface area (Å²) in [6, 6.07) is 2.91. The molecule has 1 amide bonds. The van der Waals surface area contributed by atoms with Crippen molar-refractivity contribution in [3.63, 3.8) is 0 Å². The molecule has 0 radical (unpaired) electrons. The lowest BCUT2D eigenvalue weighted by molar-refractivity contribution is -0.385. The minimum absolute atomic E-state index is 0.0533. The van der Waals surface area contributed by atoms with E-state index >= 15 is 0 Å². The molecule has 0 fully saturated rings. The monoisotopic (exact) mass is 283 g/mol. The third-order valence-corrected chi connectivity index (χ3v) is 3.51. The molecule has 0 heterocycles. The van der Waals surface area contributed by atoms with Crippen molar-refractivity contribution in [1.82, 2.24) is 5.32 Å². The van der Waals surface area contributed by atoms with Gasteiger partial charge in [-0.05, 0) is 18.9 Å². The number of carbonyl (C=O) groups excluding carboxylic acids is 1. The fourth-order valence-electron chi connectivity index (χ4n) is 1.56. The number of non-ortho nitro benzene ring substituents is 1. The standard InChI is InChI=1S/C13H18FN3O3/c1-8(2)13(3,7-15)16-12(18)10-5-4-9(17(19)20)6-11(10)14/h4-6,8H,7,15H2,1-3H3,(H,16,18). The molecular weight excluding hydrogens is 265 g/mol. The fraction of sp³-hybridized carbons (Fsp3) is 0.462. The van der Waals surface area contributed by atoms with Gasteiger partial charge in [-0.15, -0.1) is 0 Å². The summed E-state index contributed by atoms with van der Waals surface area (Å²) in [7, 11) is 0. The van der Waals surface area contributed by atoms with Crippen molar-refractivity contribution >= 4 is 11.6 Å². The third kappa shape index (κ3) is 3.30. The quantitative estimate of drug-likeness (QED) is 0.636. The summed E-state index contributed by atoms with van der Waals surface area (Å²) >= 11 is 0. The fourth-order valence-corrected chi connectivity index (χ4v) is 1.56. The van der Waals surface area contributed by atoms with E-state index in [1.54, 1.807) is 6.92 Å². The number of nitrogens with zero attached hydrogens (tertiary/aromatic N) is 1. The maximum atomic E-state index is 13.7. The lowest BCUT2D eigenvalue weighted by Gasteiger charge is -2.33. The smallest absolute Gasteiger partial charge is 0.272 e. The average Bonchev–Trinajstić information content (AvgIpc) is 2.37. The molecule has 20 heavy (non-hydrogen) atoms. The van der Waals surface area contributed by atoms with Gasteiger partial charge in [0.1, 0.15) is 5.82 Å². The minimum Gasteiger partial charge on any atom is -0.345 e. The Kier molecular flexibility index (Phi) is 4.78. The molecule has 6 nitrogen and oxygen atoms in total. The predicted molar refractivity (Wildman–Crippen MR) is 72.8 cm³/mol. The highest BCUT2D eigenvalue weighted by Gasteiger charge is 2.30. The van der Waals surface area contributed by atoms with Crippen molar-refractivity contribution in [2.75, 3.05) is 6.54 Å². The van der Waals surface area contributed by atoms with Crippen LogP contribution >= 0.6 is 0 Å². The lowest BCUT2D eigenvalue weighted by atomic mass is 9.88. The molecule has 1 rings (SSSR count). The van der Waals surface area contributed by atoms with Crippen LogP contribution in [0.3, 0.4) is 0 Å². The lowest BCUT2D eigenvalue weighted by Crippen LogP contribution is -2.55. The summed E-state index contributed by atoms with van der Waals surface area (Å²) in [5.74, 6) is -1.52. The molecule has 0 aliphatic heterocycles. The van der Waals surface area contributed by atoms with Crippen molar-refractivity contribution in [2.24, 2.45) is 11.7 Å². The molecule has 110 valence electrons. The summed E-state index contributed by atoms with van der Waals surface area (Å²) in [5, 5.41) is 13.2. The number of hydrogen-bond donors (Lipinski definition) is 2. The Hall–Kier alpha value is -2.02. The summed E-state index contributed by atoms with van der Waals surface area (Å²) < 4.78 is 13.7. The maximum absolute atomic E-state index is 13.7. The van der Waals surface area contributed by atoms with Crippen LogP contribution in [0.5, 0.6) is 0 Å². The largest absolute Gasteiger partial charge is 0.345 e. The Morgan fingerprint density at radius 3 is 2.55 bits per heavy atom. The zero-order valence-electron chi connectivity index (χ0n) is 11.6. The number of nitrogens with one attached hydrogen (secondary N) is 1. The van der Waals surface area contributed by atoms with E-state index in [-0.39, 0.29) is 18.0 Å². The van der Waals surface area contributed by atoms with Crippen LogP contribution in [0.15, 0.2) is 18.2 Å². The molecule has 0 aliphatic carbocycles. The van der Waals surface area contributed by atoms with Crippen LogP contribution in [0.2, 0.25) is 0 Å². The summed E-state index contributed by atoms with van der Waals surface area (Å²) in [4.78, 5) is 21.9. The predicted octanol–water partition coefficient (Wildman–Crippen LogP) is 1.84. The van der Waals surface area contributed by atoms with Gasteiger partial charge in [0.05, 0.1) is 22.1 Å². The van der Waals surface area contributed by atoms with Gasteiger partial charge in [0, 0.05) is 12.6 Å².